The Kier molecular flexibility index (Phi) is 4.54. The van der Waals surface area contributed by atoms with Crippen LogP contribution in [-0.4, -0.2) is 18.8 Å². The first-order chi connectivity index (χ1) is 13.1. The van der Waals surface area contributed by atoms with E-state index >= 15 is 4.39 Å². The molecule has 3 nitrogen and oxygen atoms in total. The highest BCUT2D eigenvalue weighted by Crippen LogP contribution is 2.38. The number of ether oxygens (including phenoxy) is 1. The fourth-order valence-electron chi connectivity index (χ4n) is 3.33. The van der Waals surface area contributed by atoms with Crippen LogP contribution in [-0.2, 0) is 6.42 Å². The number of aryl methyl sites for hydroxylation is 1. The Balaban J connectivity index is 1.82. The van der Waals surface area contributed by atoms with Crippen molar-refractivity contribution in [1.82, 2.24) is 0 Å². The number of aliphatic hydroxyl groups is 1. The molecular weight excluding hydrogens is 350 g/mol. The van der Waals surface area contributed by atoms with E-state index in [0.29, 0.717) is 28.3 Å². The average Bonchev–Trinajstić information content (AvgIpc) is 3.08. The number of furan rings is 1. The highest BCUT2D eigenvalue weighted by molar-refractivity contribution is 6.06. The average molecular weight is 368 g/mol. The minimum Gasteiger partial charge on any atom is -0.494 e. The van der Waals surface area contributed by atoms with Crippen LogP contribution in [0.1, 0.15) is 12.0 Å². The molecule has 0 unspecified atom stereocenters. The summed E-state index contributed by atoms with van der Waals surface area (Å²) >= 11 is 0. The van der Waals surface area contributed by atoms with E-state index in [1.807, 2.05) is 24.3 Å². The lowest BCUT2D eigenvalue weighted by Crippen LogP contribution is -1.90. The zero-order valence-corrected chi connectivity index (χ0v) is 14.8. The normalized spacial score (nSPS) is 11.4. The summed E-state index contributed by atoms with van der Waals surface area (Å²) in [4.78, 5) is 0. The molecule has 4 rings (SSSR count). The van der Waals surface area contributed by atoms with Gasteiger partial charge in [0, 0.05) is 22.9 Å². The third-order valence-electron chi connectivity index (χ3n) is 4.76. The number of fused-ring (bicyclic) bond motifs is 3. The van der Waals surface area contributed by atoms with Gasteiger partial charge < -0.3 is 14.3 Å². The fraction of sp³-hybridized carbons (Fsp3) is 0.182. The maximum absolute atomic E-state index is 15.1. The molecule has 0 saturated carbocycles. The minimum atomic E-state index is -0.639. The van der Waals surface area contributed by atoms with Crippen molar-refractivity contribution in [3.05, 3.63) is 65.7 Å². The van der Waals surface area contributed by atoms with Crippen molar-refractivity contribution in [3.63, 3.8) is 0 Å². The number of rotatable bonds is 5. The molecule has 0 bridgehead atoms. The second-order valence-electron chi connectivity index (χ2n) is 6.39. The van der Waals surface area contributed by atoms with E-state index in [1.165, 1.54) is 13.2 Å². The SMILES string of the molecule is COc1ccc2c(oc3c(F)c(-c4ccc(CCCO)cc4)ccc32)c1F. The van der Waals surface area contributed by atoms with Crippen LogP contribution in [0.5, 0.6) is 5.75 Å². The van der Waals surface area contributed by atoms with Crippen molar-refractivity contribution in [2.45, 2.75) is 12.8 Å². The lowest BCUT2D eigenvalue weighted by Gasteiger charge is -2.06. The second-order valence-corrected chi connectivity index (χ2v) is 6.39. The largest absolute Gasteiger partial charge is 0.494 e. The van der Waals surface area contributed by atoms with Gasteiger partial charge in [-0.2, -0.15) is 4.39 Å². The molecule has 0 aliphatic carbocycles. The molecule has 0 atom stereocenters. The molecule has 5 heteroatoms. The van der Waals surface area contributed by atoms with Gasteiger partial charge >= 0.3 is 0 Å². The van der Waals surface area contributed by atoms with Crippen LogP contribution in [0.2, 0.25) is 0 Å². The van der Waals surface area contributed by atoms with Crippen LogP contribution in [0, 0.1) is 11.6 Å². The van der Waals surface area contributed by atoms with Crippen LogP contribution in [0.15, 0.2) is 52.9 Å². The molecule has 4 aromatic rings. The van der Waals surface area contributed by atoms with Gasteiger partial charge in [-0.3, -0.25) is 0 Å². The number of hydrogen-bond donors (Lipinski definition) is 1. The van der Waals surface area contributed by atoms with Crippen LogP contribution < -0.4 is 4.74 Å². The van der Waals surface area contributed by atoms with Gasteiger partial charge in [0.2, 0.25) is 5.82 Å². The first-order valence-electron chi connectivity index (χ1n) is 8.71. The minimum absolute atomic E-state index is 0.0141. The molecule has 0 radical (unpaired) electrons. The summed E-state index contributed by atoms with van der Waals surface area (Å²) in [7, 11) is 1.37. The monoisotopic (exact) mass is 368 g/mol. The molecule has 1 aromatic heterocycles. The Morgan fingerprint density at radius 3 is 2.22 bits per heavy atom. The van der Waals surface area contributed by atoms with Crippen LogP contribution in [0.4, 0.5) is 8.78 Å². The summed E-state index contributed by atoms with van der Waals surface area (Å²) in [6, 6.07) is 14.1. The summed E-state index contributed by atoms with van der Waals surface area (Å²) in [6.07, 6.45) is 1.46. The zero-order valence-electron chi connectivity index (χ0n) is 14.8. The molecule has 0 spiro atoms. The van der Waals surface area contributed by atoms with E-state index in [4.69, 9.17) is 14.3 Å². The van der Waals surface area contributed by atoms with Crippen LogP contribution in [0.3, 0.4) is 0 Å². The highest BCUT2D eigenvalue weighted by atomic mass is 19.1. The van der Waals surface area contributed by atoms with E-state index in [0.717, 1.165) is 12.0 Å². The number of benzene rings is 3. The second kappa shape index (κ2) is 7.00. The fourth-order valence-corrected chi connectivity index (χ4v) is 3.33. The summed E-state index contributed by atoms with van der Waals surface area (Å²) in [5, 5.41) is 9.94. The molecule has 1 heterocycles. The van der Waals surface area contributed by atoms with Crippen molar-refractivity contribution in [2.24, 2.45) is 0 Å². The molecule has 0 aliphatic heterocycles. The van der Waals surface area contributed by atoms with Crippen LogP contribution in [0.25, 0.3) is 33.1 Å². The van der Waals surface area contributed by atoms with Crippen molar-refractivity contribution >= 4 is 21.9 Å². The predicted octanol–water partition coefficient (Wildman–Crippen LogP) is 5.46. The molecule has 0 amide bonds. The van der Waals surface area contributed by atoms with Gasteiger partial charge in [0.15, 0.2) is 22.7 Å². The summed E-state index contributed by atoms with van der Waals surface area (Å²) in [5.41, 5.74) is 2.19. The third-order valence-corrected chi connectivity index (χ3v) is 4.76. The maximum atomic E-state index is 15.1. The van der Waals surface area contributed by atoms with E-state index in [1.54, 1.807) is 18.2 Å². The van der Waals surface area contributed by atoms with Gasteiger partial charge in [0.1, 0.15) is 0 Å². The summed E-state index contributed by atoms with van der Waals surface area (Å²) in [5.74, 6) is -1.11. The molecule has 0 aliphatic rings. The van der Waals surface area contributed by atoms with E-state index in [9.17, 15) is 4.39 Å². The van der Waals surface area contributed by atoms with Crippen molar-refractivity contribution in [3.8, 4) is 16.9 Å². The van der Waals surface area contributed by atoms with Gasteiger partial charge in [-0.05, 0) is 42.2 Å². The zero-order chi connectivity index (χ0) is 19.0. The van der Waals surface area contributed by atoms with E-state index in [-0.39, 0.29) is 23.5 Å². The molecule has 0 saturated heterocycles. The van der Waals surface area contributed by atoms with E-state index in [2.05, 4.69) is 0 Å². The molecule has 0 fully saturated rings. The number of methoxy groups -OCH3 is 1. The van der Waals surface area contributed by atoms with Gasteiger partial charge in [-0.15, -0.1) is 0 Å². The number of hydrogen-bond acceptors (Lipinski definition) is 3. The molecular formula is C22H18F2O3. The first kappa shape index (κ1) is 17.5. The Labute approximate surface area is 154 Å². The van der Waals surface area contributed by atoms with Crippen LogP contribution >= 0.6 is 0 Å². The first-order valence-corrected chi connectivity index (χ1v) is 8.71. The smallest absolute Gasteiger partial charge is 0.208 e. The standard InChI is InChI=1S/C22H18F2O3/c1-26-18-11-10-17-16-9-8-15(19(23)21(16)27-22(17)20(18)24)14-6-4-13(5-7-14)3-2-12-25/h4-11,25H,2-3,12H2,1H3. The molecule has 138 valence electrons. The predicted molar refractivity (Wildman–Crippen MR) is 101 cm³/mol. The van der Waals surface area contributed by atoms with Gasteiger partial charge in [0.25, 0.3) is 0 Å². The van der Waals surface area contributed by atoms with Gasteiger partial charge in [-0.1, -0.05) is 30.3 Å². The van der Waals surface area contributed by atoms with Gasteiger partial charge in [-0.25, -0.2) is 4.39 Å². The highest BCUT2D eigenvalue weighted by Gasteiger charge is 2.19. The topological polar surface area (TPSA) is 42.6 Å². The maximum Gasteiger partial charge on any atom is 0.208 e. The Morgan fingerprint density at radius 2 is 1.56 bits per heavy atom. The third kappa shape index (κ3) is 2.94. The molecule has 1 N–H and O–H groups in total. The summed E-state index contributed by atoms with van der Waals surface area (Å²) in [6.45, 7) is 0.139. The van der Waals surface area contributed by atoms with Crippen molar-refractivity contribution in [2.75, 3.05) is 13.7 Å². The van der Waals surface area contributed by atoms with Gasteiger partial charge in [0.05, 0.1) is 7.11 Å². The lowest BCUT2D eigenvalue weighted by molar-refractivity contribution is 0.288. The number of aliphatic hydroxyl groups excluding tert-OH is 1. The molecule has 27 heavy (non-hydrogen) atoms. The van der Waals surface area contributed by atoms with Crippen molar-refractivity contribution < 1.29 is 23.0 Å². The Bertz CT molecular complexity index is 1110. The van der Waals surface area contributed by atoms with E-state index < -0.39 is 11.6 Å². The lowest BCUT2D eigenvalue weighted by atomic mass is 10.00. The molecule has 3 aromatic carbocycles. The Hall–Kier alpha value is -2.92. The Morgan fingerprint density at radius 1 is 0.889 bits per heavy atom. The number of halogens is 2. The summed E-state index contributed by atoms with van der Waals surface area (Å²) < 4.78 is 40.1. The quantitative estimate of drug-likeness (QED) is 0.508. The van der Waals surface area contributed by atoms with Crippen molar-refractivity contribution in [1.29, 1.82) is 0 Å².